The number of carbonyl (C=O) groups excluding carboxylic acids is 1. The zero-order valence-electron chi connectivity index (χ0n) is 14.2. The van der Waals surface area contributed by atoms with E-state index < -0.39 is 17.5 Å². The van der Waals surface area contributed by atoms with Crippen LogP contribution in [-0.4, -0.2) is 20.7 Å². The number of anilines is 1. The van der Waals surface area contributed by atoms with Crippen molar-refractivity contribution in [2.75, 3.05) is 5.32 Å². The molecule has 0 radical (unpaired) electrons. The quantitative estimate of drug-likeness (QED) is 0.554. The summed E-state index contributed by atoms with van der Waals surface area (Å²) in [6.45, 7) is 2.53. The summed E-state index contributed by atoms with van der Waals surface area (Å²) in [5.41, 5.74) is 1.61. The summed E-state index contributed by atoms with van der Waals surface area (Å²) in [5, 5.41) is 9.32. The monoisotopic (exact) mass is 384 g/mol. The third kappa shape index (κ3) is 3.31. The van der Waals surface area contributed by atoms with E-state index in [0.717, 1.165) is 23.1 Å². The van der Waals surface area contributed by atoms with Gasteiger partial charge >= 0.3 is 0 Å². The molecule has 1 amide bonds. The van der Waals surface area contributed by atoms with Crippen LogP contribution in [0.2, 0.25) is 0 Å². The summed E-state index contributed by atoms with van der Waals surface area (Å²) < 4.78 is 28.5. The number of thiophene rings is 1. The van der Waals surface area contributed by atoms with Gasteiger partial charge in [-0.05, 0) is 36.6 Å². The lowest BCUT2D eigenvalue weighted by Crippen LogP contribution is -2.13. The van der Waals surface area contributed by atoms with Gasteiger partial charge in [-0.2, -0.15) is 5.10 Å². The van der Waals surface area contributed by atoms with Crippen molar-refractivity contribution >= 4 is 34.0 Å². The van der Waals surface area contributed by atoms with Crippen LogP contribution in [0, 0.1) is 11.6 Å². The minimum Gasteiger partial charge on any atom is -0.322 e. The number of amides is 1. The molecule has 5 nitrogen and oxygen atoms in total. The number of nitrogens with zero attached hydrogens (tertiary/aromatic N) is 3. The number of aryl methyl sites for hydroxylation is 1. The van der Waals surface area contributed by atoms with Gasteiger partial charge in [0.1, 0.15) is 11.6 Å². The highest BCUT2D eigenvalue weighted by atomic mass is 32.1. The van der Waals surface area contributed by atoms with Gasteiger partial charge < -0.3 is 5.32 Å². The maximum Gasteiger partial charge on any atom is 0.256 e. The van der Waals surface area contributed by atoms with Crippen molar-refractivity contribution in [1.82, 2.24) is 14.8 Å². The second kappa shape index (κ2) is 6.88. The fraction of sp³-hybridized carbons (Fsp3) is 0.105. The number of fused-ring (bicyclic) bond motifs is 1. The molecule has 0 unspecified atom stereocenters. The molecule has 0 bridgehead atoms. The number of halogens is 2. The van der Waals surface area contributed by atoms with Crippen molar-refractivity contribution in [2.24, 2.45) is 0 Å². The predicted molar refractivity (Wildman–Crippen MR) is 101 cm³/mol. The van der Waals surface area contributed by atoms with Crippen LogP contribution in [0.3, 0.4) is 0 Å². The zero-order valence-corrected chi connectivity index (χ0v) is 15.1. The molecular formula is C19H14F2N4OS. The van der Waals surface area contributed by atoms with E-state index in [9.17, 15) is 13.6 Å². The Balaban J connectivity index is 1.81. The molecule has 0 saturated carbocycles. The van der Waals surface area contributed by atoms with Gasteiger partial charge in [0, 0.05) is 18.3 Å². The molecule has 136 valence electrons. The molecule has 1 N–H and O–H groups in total. The largest absolute Gasteiger partial charge is 0.322 e. The molecule has 1 aromatic carbocycles. The maximum atomic E-state index is 13.4. The van der Waals surface area contributed by atoms with Gasteiger partial charge in [0.15, 0.2) is 5.65 Å². The van der Waals surface area contributed by atoms with Gasteiger partial charge in [0.2, 0.25) is 0 Å². The van der Waals surface area contributed by atoms with Crippen LogP contribution in [0.1, 0.15) is 17.3 Å². The number of pyridine rings is 1. The summed E-state index contributed by atoms with van der Waals surface area (Å²) >= 11 is 1.51. The number of benzene rings is 1. The lowest BCUT2D eigenvalue weighted by molar-refractivity contribution is 0.102. The fourth-order valence-corrected chi connectivity index (χ4v) is 3.53. The number of rotatable bonds is 4. The lowest BCUT2D eigenvalue weighted by atomic mass is 10.1. The molecule has 3 heterocycles. The smallest absolute Gasteiger partial charge is 0.256 e. The highest BCUT2D eigenvalue weighted by Crippen LogP contribution is 2.28. The van der Waals surface area contributed by atoms with E-state index in [4.69, 9.17) is 0 Å². The number of hydrogen-bond donors (Lipinski definition) is 1. The van der Waals surface area contributed by atoms with Gasteiger partial charge in [0.05, 0.1) is 27.7 Å². The first-order valence-corrected chi connectivity index (χ1v) is 9.11. The van der Waals surface area contributed by atoms with E-state index in [1.807, 2.05) is 24.4 Å². The highest BCUT2D eigenvalue weighted by Gasteiger charge is 2.18. The van der Waals surface area contributed by atoms with Crippen molar-refractivity contribution in [3.8, 4) is 10.6 Å². The van der Waals surface area contributed by atoms with Crippen LogP contribution < -0.4 is 5.32 Å². The minimum atomic E-state index is -0.761. The van der Waals surface area contributed by atoms with Crippen molar-refractivity contribution in [1.29, 1.82) is 0 Å². The Hall–Kier alpha value is -3.13. The average Bonchev–Trinajstić information content (AvgIpc) is 3.29. The van der Waals surface area contributed by atoms with Crippen molar-refractivity contribution < 1.29 is 13.6 Å². The van der Waals surface area contributed by atoms with Crippen molar-refractivity contribution in [2.45, 2.75) is 13.5 Å². The summed E-state index contributed by atoms with van der Waals surface area (Å²) in [5.74, 6) is -2.01. The Morgan fingerprint density at radius 3 is 2.67 bits per heavy atom. The first-order valence-electron chi connectivity index (χ1n) is 8.23. The van der Waals surface area contributed by atoms with Gasteiger partial charge in [-0.3, -0.25) is 4.79 Å². The zero-order chi connectivity index (χ0) is 19.0. The third-order valence-corrected chi connectivity index (χ3v) is 4.94. The first-order chi connectivity index (χ1) is 13.0. The summed E-state index contributed by atoms with van der Waals surface area (Å²) in [6.07, 6.45) is 1.57. The van der Waals surface area contributed by atoms with E-state index in [-0.39, 0.29) is 5.69 Å². The second-order valence-electron chi connectivity index (χ2n) is 5.84. The van der Waals surface area contributed by atoms with Gasteiger partial charge in [-0.1, -0.05) is 6.07 Å². The third-order valence-electron chi connectivity index (χ3n) is 4.05. The highest BCUT2D eigenvalue weighted by molar-refractivity contribution is 7.13. The van der Waals surface area contributed by atoms with Crippen molar-refractivity contribution in [3.05, 3.63) is 65.2 Å². The van der Waals surface area contributed by atoms with Gasteiger partial charge in [-0.25, -0.2) is 18.4 Å². The number of hydrogen-bond acceptors (Lipinski definition) is 4. The van der Waals surface area contributed by atoms with Crippen LogP contribution in [-0.2, 0) is 6.54 Å². The summed E-state index contributed by atoms with van der Waals surface area (Å²) in [7, 11) is 0. The standard InChI is InChI=1S/C19H14F2N4OS/c1-2-25-18-15(10-22-25)14(9-16(24-18)17-4-3-5-27-17)19(26)23-13-7-11(20)6-12(21)8-13/h3-10H,2H2,1H3,(H,23,26). The molecule has 3 aromatic heterocycles. The second-order valence-corrected chi connectivity index (χ2v) is 6.79. The Morgan fingerprint density at radius 2 is 2.00 bits per heavy atom. The van der Waals surface area contributed by atoms with Crippen LogP contribution in [0.25, 0.3) is 21.6 Å². The Kier molecular flexibility index (Phi) is 4.41. The minimum absolute atomic E-state index is 0.0445. The Labute approximate surface area is 157 Å². The van der Waals surface area contributed by atoms with Crippen LogP contribution in [0.15, 0.2) is 48.0 Å². The van der Waals surface area contributed by atoms with Crippen molar-refractivity contribution in [3.63, 3.8) is 0 Å². The molecular weight excluding hydrogens is 370 g/mol. The summed E-state index contributed by atoms with van der Waals surface area (Å²) in [6, 6.07) is 8.36. The van der Waals surface area contributed by atoms with Crippen LogP contribution in [0.4, 0.5) is 14.5 Å². The topological polar surface area (TPSA) is 59.8 Å². The molecule has 27 heavy (non-hydrogen) atoms. The maximum absolute atomic E-state index is 13.4. The Morgan fingerprint density at radius 1 is 1.22 bits per heavy atom. The number of carbonyl (C=O) groups is 1. The number of aromatic nitrogens is 3. The molecule has 0 spiro atoms. The molecule has 0 aliphatic carbocycles. The summed E-state index contributed by atoms with van der Waals surface area (Å²) in [4.78, 5) is 18.4. The number of nitrogens with one attached hydrogen (secondary N) is 1. The predicted octanol–water partition coefficient (Wildman–Crippen LogP) is 4.71. The van der Waals surface area contributed by atoms with Gasteiger partial charge in [-0.15, -0.1) is 11.3 Å². The molecule has 0 fully saturated rings. The fourth-order valence-electron chi connectivity index (χ4n) is 2.84. The van der Waals surface area contributed by atoms with E-state index in [0.29, 0.717) is 28.8 Å². The first kappa shape index (κ1) is 17.3. The van der Waals surface area contributed by atoms with Crippen LogP contribution in [0.5, 0.6) is 0 Å². The molecule has 8 heteroatoms. The van der Waals surface area contributed by atoms with Crippen LogP contribution >= 0.6 is 11.3 Å². The molecule has 4 rings (SSSR count). The normalized spacial score (nSPS) is 11.1. The molecule has 4 aromatic rings. The van der Waals surface area contributed by atoms with E-state index in [1.54, 1.807) is 16.9 Å². The van der Waals surface area contributed by atoms with E-state index >= 15 is 0 Å². The SMILES string of the molecule is CCn1ncc2c(C(=O)Nc3cc(F)cc(F)c3)cc(-c3cccs3)nc21. The Bertz CT molecular complexity index is 1120. The molecule has 0 saturated heterocycles. The molecule has 0 aliphatic rings. The molecule has 0 aliphatic heterocycles. The lowest BCUT2D eigenvalue weighted by Gasteiger charge is -2.09. The van der Waals surface area contributed by atoms with Gasteiger partial charge in [0.25, 0.3) is 5.91 Å². The van der Waals surface area contributed by atoms with E-state index in [2.05, 4.69) is 15.4 Å². The van der Waals surface area contributed by atoms with E-state index in [1.165, 1.54) is 11.3 Å². The average molecular weight is 384 g/mol. The molecule has 0 atom stereocenters.